The molecule has 0 spiro atoms. The Balaban J connectivity index is 1.42. The molecule has 3 heterocycles. The van der Waals surface area contributed by atoms with Crippen LogP contribution in [-0.2, 0) is 10.3 Å². The third-order valence-electron chi connectivity index (χ3n) is 7.03. The lowest BCUT2D eigenvalue weighted by atomic mass is 10.0. The number of nitrogens with zero attached hydrogens (tertiary/aromatic N) is 7. The summed E-state index contributed by atoms with van der Waals surface area (Å²) in [6.07, 6.45) is 1.90. The first kappa shape index (κ1) is 28.6. The molecular weight excluding hydrogens is 542 g/mol. The molecule has 41 heavy (non-hydrogen) atoms. The molecule has 1 unspecified atom stereocenters. The number of amidine groups is 1. The van der Waals surface area contributed by atoms with Gasteiger partial charge < -0.3 is 19.1 Å². The van der Waals surface area contributed by atoms with Gasteiger partial charge in [-0.3, -0.25) is 9.69 Å². The fraction of sp³-hybridized carbons (Fsp3) is 0.414. The number of hydrogen-bond acceptors (Lipinski definition) is 10. The molecule has 2 aliphatic rings. The summed E-state index contributed by atoms with van der Waals surface area (Å²) in [6, 6.07) is 13.5. The molecule has 1 aromatic heterocycles. The second kappa shape index (κ2) is 11.9. The highest BCUT2D eigenvalue weighted by molar-refractivity contribution is 8.18. The maximum Gasteiger partial charge on any atom is 0.286 e. The van der Waals surface area contributed by atoms with Crippen molar-refractivity contribution in [1.82, 2.24) is 30.0 Å². The predicted molar refractivity (Wildman–Crippen MR) is 158 cm³/mol. The summed E-state index contributed by atoms with van der Waals surface area (Å²) < 4.78 is 18.8. The third kappa shape index (κ3) is 5.94. The van der Waals surface area contributed by atoms with Crippen molar-refractivity contribution in [3.63, 3.8) is 0 Å². The van der Waals surface area contributed by atoms with E-state index in [9.17, 15) is 4.79 Å². The molecule has 0 saturated carbocycles. The highest BCUT2D eigenvalue weighted by Gasteiger charge is 2.36. The molecule has 1 saturated heterocycles. The molecular formula is C29H35N7O4S. The Hall–Kier alpha value is -3.90. The van der Waals surface area contributed by atoms with Crippen molar-refractivity contribution in [1.29, 1.82) is 0 Å². The number of tetrazole rings is 1. The van der Waals surface area contributed by atoms with Crippen molar-refractivity contribution in [2.75, 3.05) is 47.5 Å². The minimum atomic E-state index is -0.337. The Labute approximate surface area is 244 Å². The zero-order chi connectivity index (χ0) is 29.1. The van der Waals surface area contributed by atoms with Crippen molar-refractivity contribution in [2.45, 2.75) is 32.4 Å². The van der Waals surface area contributed by atoms with Crippen LogP contribution in [0.4, 0.5) is 0 Å². The average molecular weight is 578 g/mol. The molecule has 1 atom stereocenters. The minimum Gasteiger partial charge on any atom is -0.493 e. The van der Waals surface area contributed by atoms with E-state index >= 15 is 0 Å². The molecule has 216 valence electrons. The molecule has 5 rings (SSSR count). The lowest BCUT2D eigenvalue weighted by Crippen LogP contribution is -2.49. The lowest BCUT2D eigenvalue weighted by Gasteiger charge is -2.40. The number of aliphatic imine (C=N–C) groups is 1. The van der Waals surface area contributed by atoms with Crippen LogP contribution in [0.15, 0.2) is 52.4 Å². The Kier molecular flexibility index (Phi) is 8.32. The first-order valence-corrected chi connectivity index (χ1v) is 14.2. The number of carbonyl (C=O) groups excluding carboxylic acids is 1. The van der Waals surface area contributed by atoms with Crippen molar-refractivity contribution in [2.24, 2.45) is 4.99 Å². The van der Waals surface area contributed by atoms with Crippen molar-refractivity contribution < 1.29 is 19.0 Å². The number of hydrogen-bond donors (Lipinski definition) is 0. The maximum absolute atomic E-state index is 12.7. The minimum absolute atomic E-state index is 0.198. The van der Waals surface area contributed by atoms with Crippen LogP contribution >= 0.6 is 11.8 Å². The van der Waals surface area contributed by atoms with Crippen molar-refractivity contribution in [3.8, 4) is 17.2 Å². The summed E-state index contributed by atoms with van der Waals surface area (Å²) in [5.74, 6) is 2.17. The number of thioether (sulfide) groups is 1. The largest absolute Gasteiger partial charge is 0.493 e. The van der Waals surface area contributed by atoms with E-state index in [0.29, 0.717) is 48.3 Å². The van der Waals surface area contributed by atoms with Gasteiger partial charge >= 0.3 is 0 Å². The van der Waals surface area contributed by atoms with Gasteiger partial charge in [0.05, 0.1) is 37.8 Å². The molecule has 2 aromatic carbocycles. The van der Waals surface area contributed by atoms with E-state index in [0.717, 1.165) is 22.1 Å². The van der Waals surface area contributed by atoms with Crippen LogP contribution in [0.1, 0.15) is 43.8 Å². The molecule has 0 radical (unpaired) electrons. The quantitative estimate of drug-likeness (QED) is 0.385. The zero-order valence-corrected chi connectivity index (χ0v) is 25.0. The van der Waals surface area contributed by atoms with Gasteiger partial charge in [0.2, 0.25) is 5.75 Å². The number of aromatic nitrogens is 4. The smallest absolute Gasteiger partial charge is 0.286 e. The number of carbonyl (C=O) groups is 1. The maximum atomic E-state index is 12.7. The normalized spacial score (nSPS) is 18.0. The molecule has 1 amide bonds. The summed E-state index contributed by atoms with van der Waals surface area (Å²) in [7, 11) is 4.80. The summed E-state index contributed by atoms with van der Waals surface area (Å²) in [4.78, 5) is 22.2. The average Bonchev–Trinajstić information content (AvgIpc) is 3.61. The van der Waals surface area contributed by atoms with Gasteiger partial charge in [0.25, 0.3) is 5.91 Å². The number of ether oxygens (including phenoxy) is 3. The van der Waals surface area contributed by atoms with E-state index in [4.69, 9.17) is 14.2 Å². The van der Waals surface area contributed by atoms with Gasteiger partial charge in [-0.1, -0.05) is 30.3 Å². The van der Waals surface area contributed by atoms with E-state index in [1.165, 1.54) is 11.8 Å². The van der Waals surface area contributed by atoms with Gasteiger partial charge in [0, 0.05) is 26.2 Å². The van der Waals surface area contributed by atoms with Crippen molar-refractivity contribution >= 4 is 28.9 Å². The van der Waals surface area contributed by atoms with Crippen LogP contribution in [0, 0.1) is 0 Å². The number of amides is 1. The lowest BCUT2D eigenvalue weighted by molar-refractivity contribution is -0.113. The molecule has 2 aliphatic heterocycles. The van der Waals surface area contributed by atoms with E-state index < -0.39 is 0 Å². The van der Waals surface area contributed by atoms with E-state index in [1.54, 1.807) is 21.3 Å². The Bertz CT molecular complexity index is 1430. The molecule has 0 bridgehead atoms. The summed E-state index contributed by atoms with van der Waals surface area (Å²) in [5.41, 5.74) is 1.56. The first-order valence-electron chi connectivity index (χ1n) is 13.4. The van der Waals surface area contributed by atoms with Crippen LogP contribution in [0.25, 0.3) is 6.08 Å². The second-order valence-corrected chi connectivity index (χ2v) is 11.7. The van der Waals surface area contributed by atoms with Gasteiger partial charge in [0.1, 0.15) is 0 Å². The van der Waals surface area contributed by atoms with E-state index in [2.05, 4.69) is 51.1 Å². The Morgan fingerprint density at radius 1 is 0.951 bits per heavy atom. The SMILES string of the molecule is COc1cc(C(c2nnnn2C(C)(C)C)N2CCN(C3=NC(=O)/C(=C/c4ccccc4)S3)CC2)cc(OC)c1OC. The van der Waals surface area contributed by atoms with Gasteiger partial charge in [-0.05, 0) is 72.3 Å². The van der Waals surface area contributed by atoms with Crippen molar-refractivity contribution in [3.05, 3.63) is 64.3 Å². The Morgan fingerprint density at radius 3 is 2.20 bits per heavy atom. The molecule has 12 heteroatoms. The molecule has 3 aromatic rings. The first-order chi connectivity index (χ1) is 19.7. The van der Waals surface area contributed by atoms with E-state index in [-0.39, 0.29) is 17.5 Å². The van der Waals surface area contributed by atoms with Crippen LogP contribution in [0.5, 0.6) is 17.2 Å². The van der Waals surface area contributed by atoms with Crippen LogP contribution < -0.4 is 14.2 Å². The predicted octanol–water partition coefficient (Wildman–Crippen LogP) is 3.83. The summed E-state index contributed by atoms with van der Waals surface area (Å²) in [5, 5.41) is 13.6. The highest BCUT2D eigenvalue weighted by atomic mass is 32.2. The van der Waals surface area contributed by atoms with Gasteiger partial charge in [-0.25, -0.2) is 4.68 Å². The van der Waals surface area contributed by atoms with Crippen LogP contribution in [0.3, 0.4) is 0 Å². The standard InChI is InChI=1S/C29H35N7O4S/c1-29(2,3)36-26(31-32-33-36)24(20-17-21(38-4)25(40-6)22(18-20)39-5)34-12-14-35(15-13-34)28-30-27(37)23(41-28)16-19-10-8-7-9-11-19/h7-11,16-18,24H,12-15H2,1-6H3/b23-16-. The summed E-state index contributed by atoms with van der Waals surface area (Å²) >= 11 is 1.43. The number of methoxy groups -OCH3 is 3. The Morgan fingerprint density at radius 2 is 1.61 bits per heavy atom. The zero-order valence-electron chi connectivity index (χ0n) is 24.2. The van der Waals surface area contributed by atoms with E-state index in [1.807, 2.05) is 53.2 Å². The molecule has 11 nitrogen and oxygen atoms in total. The van der Waals surface area contributed by atoms with Crippen LogP contribution in [-0.4, -0.2) is 88.6 Å². The number of rotatable bonds is 7. The third-order valence-corrected chi connectivity index (χ3v) is 8.08. The second-order valence-electron chi connectivity index (χ2n) is 10.7. The molecule has 1 fully saturated rings. The van der Waals surface area contributed by atoms with Gasteiger partial charge in [-0.2, -0.15) is 4.99 Å². The van der Waals surface area contributed by atoms with Gasteiger partial charge in [-0.15, -0.1) is 5.10 Å². The molecule has 0 N–H and O–H groups in total. The fourth-order valence-electron chi connectivity index (χ4n) is 5.03. The number of benzene rings is 2. The fourth-order valence-corrected chi connectivity index (χ4v) is 5.99. The molecule has 0 aliphatic carbocycles. The number of piperazine rings is 1. The van der Waals surface area contributed by atoms with Gasteiger partial charge in [0.15, 0.2) is 22.5 Å². The topological polar surface area (TPSA) is 107 Å². The highest BCUT2D eigenvalue weighted by Crippen LogP contribution is 2.42. The monoisotopic (exact) mass is 577 g/mol. The van der Waals surface area contributed by atoms with Crippen LogP contribution in [0.2, 0.25) is 0 Å². The summed E-state index contributed by atoms with van der Waals surface area (Å²) in [6.45, 7) is 9.00.